The molecule has 6 nitrogen and oxygen atoms in total. The monoisotopic (exact) mass is 419 g/mol. The Bertz CT molecular complexity index is 1100. The fourth-order valence-electron chi connectivity index (χ4n) is 5.80. The number of carbonyl (C=O) groups is 1. The summed E-state index contributed by atoms with van der Waals surface area (Å²) in [5.41, 5.74) is 8.26. The van der Waals surface area contributed by atoms with Crippen LogP contribution in [0.1, 0.15) is 43.7 Å². The Balaban J connectivity index is 1.68. The van der Waals surface area contributed by atoms with Crippen LogP contribution in [0.25, 0.3) is 11.1 Å². The van der Waals surface area contributed by atoms with Gasteiger partial charge in [0.15, 0.2) is 11.5 Å². The third kappa shape index (κ3) is 2.74. The zero-order chi connectivity index (χ0) is 22.0. The average molecular weight is 420 g/mol. The van der Waals surface area contributed by atoms with Gasteiger partial charge in [-0.15, -0.1) is 0 Å². The normalized spacial score (nSPS) is 31.9. The number of fused-ring (bicyclic) bond motifs is 3. The molecule has 5 rings (SSSR count). The molecule has 162 valence electrons. The molecule has 0 aromatic heterocycles. The predicted molar refractivity (Wildman–Crippen MR) is 120 cm³/mol. The quantitative estimate of drug-likeness (QED) is 0.782. The molecule has 31 heavy (non-hydrogen) atoms. The number of hydrogen-bond acceptors (Lipinski definition) is 5. The van der Waals surface area contributed by atoms with Crippen molar-refractivity contribution in [3.05, 3.63) is 53.6 Å². The first kappa shape index (κ1) is 20.1. The Morgan fingerprint density at radius 3 is 2.45 bits per heavy atom. The van der Waals surface area contributed by atoms with Crippen LogP contribution in [0, 0.1) is 5.41 Å². The minimum absolute atomic E-state index is 0.0620. The van der Waals surface area contributed by atoms with Gasteiger partial charge in [0, 0.05) is 12.5 Å². The number of nitrogens with zero attached hydrogens (tertiary/aromatic N) is 2. The van der Waals surface area contributed by atoms with E-state index < -0.39 is 11.1 Å². The lowest BCUT2D eigenvalue weighted by Gasteiger charge is -2.47. The van der Waals surface area contributed by atoms with Crippen LogP contribution in [-0.4, -0.2) is 41.6 Å². The van der Waals surface area contributed by atoms with E-state index in [4.69, 9.17) is 15.5 Å². The molecule has 1 unspecified atom stereocenters. The van der Waals surface area contributed by atoms with Gasteiger partial charge in [0.1, 0.15) is 5.75 Å². The lowest BCUT2D eigenvalue weighted by molar-refractivity contribution is -0.138. The number of aliphatic hydroxyl groups is 1. The average Bonchev–Trinajstić information content (AvgIpc) is 3.17. The highest BCUT2D eigenvalue weighted by molar-refractivity contribution is 6.08. The van der Waals surface area contributed by atoms with Gasteiger partial charge in [-0.25, -0.2) is 4.99 Å². The molecule has 0 saturated heterocycles. The molecular formula is C25H29N3O3. The number of hydrogen-bond donors (Lipinski definition) is 2. The molecule has 1 heterocycles. The molecule has 0 radical (unpaired) electrons. The van der Waals surface area contributed by atoms with Gasteiger partial charge in [-0.3, -0.25) is 9.69 Å². The summed E-state index contributed by atoms with van der Waals surface area (Å²) < 4.78 is 5.39. The highest BCUT2D eigenvalue weighted by Crippen LogP contribution is 2.62. The molecule has 2 aromatic rings. The Hall–Kier alpha value is -2.86. The van der Waals surface area contributed by atoms with Gasteiger partial charge in [0.05, 0.1) is 12.7 Å². The van der Waals surface area contributed by atoms with Crippen LogP contribution in [0.4, 0.5) is 0 Å². The zero-order valence-electron chi connectivity index (χ0n) is 18.3. The second kappa shape index (κ2) is 6.57. The van der Waals surface area contributed by atoms with Gasteiger partial charge in [-0.2, -0.15) is 0 Å². The number of aliphatic imine (C=N–C) groups is 1. The number of benzene rings is 2. The second-order valence-corrected chi connectivity index (χ2v) is 9.60. The third-order valence-corrected chi connectivity index (χ3v) is 7.72. The smallest absolute Gasteiger partial charge is 0.262 e. The molecule has 2 aromatic carbocycles. The van der Waals surface area contributed by atoms with Gasteiger partial charge in [0.25, 0.3) is 5.91 Å². The van der Waals surface area contributed by atoms with E-state index in [9.17, 15) is 9.90 Å². The van der Waals surface area contributed by atoms with E-state index in [-0.39, 0.29) is 17.3 Å². The summed E-state index contributed by atoms with van der Waals surface area (Å²) in [6, 6.07) is 14.3. The minimum Gasteiger partial charge on any atom is -0.497 e. The first-order valence-corrected chi connectivity index (χ1v) is 10.9. The van der Waals surface area contributed by atoms with Crippen molar-refractivity contribution < 1.29 is 14.6 Å². The maximum absolute atomic E-state index is 13.7. The summed E-state index contributed by atoms with van der Waals surface area (Å²) in [4.78, 5) is 20.1. The Kier molecular flexibility index (Phi) is 4.25. The van der Waals surface area contributed by atoms with E-state index in [1.807, 2.05) is 31.2 Å². The van der Waals surface area contributed by atoms with E-state index in [0.717, 1.165) is 47.3 Å². The summed E-state index contributed by atoms with van der Waals surface area (Å²) in [6.07, 6.45) is 3.54. The molecule has 3 N–H and O–H groups in total. The zero-order valence-corrected chi connectivity index (χ0v) is 18.3. The van der Waals surface area contributed by atoms with Crippen molar-refractivity contribution in [3.63, 3.8) is 0 Å². The minimum atomic E-state index is -1.02. The maximum atomic E-state index is 13.7. The fraction of sp³-hybridized carbons (Fsp3) is 0.440. The van der Waals surface area contributed by atoms with E-state index in [1.54, 1.807) is 14.2 Å². The highest BCUT2D eigenvalue weighted by atomic mass is 16.5. The van der Waals surface area contributed by atoms with Crippen molar-refractivity contribution >= 4 is 11.9 Å². The standard InChI is InChI=1S/C25H29N3O3/c1-23(30)9-11-24(12-10-23)15-18-8-7-17(16-5-4-6-19(13-16)31-3)14-20(18)25(24)21(29)28(2)22(26)27-25/h4-8,13-14,30H,9-12,15H2,1-3H3,(H2,26,27)/t23-,24-,25?. The number of nitrogens with two attached hydrogens (primary N) is 1. The van der Waals surface area contributed by atoms with Gasteiger partial charge < -0.3 is 15.6 Å². The van der Waals surface area contributed by atoms with Gasteiger partial charge in [-0.05, 0) is 79.5 Å². The van der Waals surface area contributed by atoms with Crippen LogP contribution in [0.3, 0.4) is 0 Å². The summed E-state index contributed by atoms with van der Waals surface area (Å²) in [6.45, 7) is 1.88. The van der Waals surface area contributed by atoms with Gasteiger partial charge in [-0.1, -0.05) is 24.3 Å². The highest BCUT2D eigenvalue weighted by Gasteiger charge is 2.66. The topological polar surface area (TPSA) is 88.2 Å². The molecule has 1 saturated carbocycles. The number of carbonyl (C=O) groups excluding carboxylic acids is 1. The third-order valence-electron chi connectivity index (χ3n) is 7.72. The maximum Gasteiger partial charge on any atom is 0.262 e. The lowest BCUT2D eigenvalue weighted by Crippen LogP contribution is -2.52. The fourth-order valence-corrected chi connectivity index (χ4v) is 5.80. The Labute approximate surface area is 182 Å². The predicted octanol–water partition coefficient (Wildman–Crippen LogP) is 3.21. The number of ether oxygens (including phenoxy) is 1. The molecule has 0 bridgehead atoms. The van der Waals surface area contributed by atoms with Crippen LogP contribution in [0.5, 0.6) is 5.75 Å². The summed E-state index contributed by atoms with van der Waals surface area (Å²) in [5.74, 6) is 0.993. The van der Waals surface area contributed by atoms with Crippen molar-refractivity contribution in [2.45, 2.75) is 50.2 Å². The van der Waals surface area contributed by atoms with E-state index >= 15 is 0 Å². The molecular weight excluding hydrogens is 390 g/mol. The number of likely N-dealkylation sites (N-methyl/N-ethyl adjacent to an activating group) is 1. The molecule has 1 aliphatic heterocycles. The number of rotatable bonds is 2. The molecule has 1 fully saturated rings. The summed E-state index contributed by atoms with van der Waals surface area (Å²) in [7, 11) is 3.36. The van der Waals surface area contributed by atoms with Crippen LogP contribution < -0.4 is 10.5 Å². The first-order valence-electron chi connectivity index (χ1n) is 10.9. The molecule has 2 aliphatic carbocycles. The molecule has 3 aliphatic rings. The number of methoxy groups -OCH3 is 1. The van der Waals surface area contributed by atoms with E-state index in [2.05, 4.69) is 18.2 Å². The van der Waals surface area contributed by atoms with Crippen molar-refractivity contribution in [1.29, 1.82) is 0 Å². The van der Waals surface area contributed by atoms with E-state index in [0.29, 0.717) is 12.8 Å². The van der Waals surface area contributed by atoms with Crippen molar-refractivity contribution in [2.24, 2.45) is 16.1 Å². The van der Waals surface area contributed by atoms with Crippen LogP contribution >= 0.6 is 0 Å². The number of guanidine groups is 1. The first-order chi connectivity index (χ1) is 14.7. The summed E-state index contributed by atoms with van der Waals surface area (Å²) in [5, 5.41) is 10.6. The van der Waals surface area contributed by atoms with Crippen LogP contribution in [0.15, 0.2) is 47.5 Å². The molecule has 1 amide bonds. The molecule has 1 atom stereocenters. The largest absolute Gasteiger partial charge is 0.497 e. The lowest BCUT2D eigenvalue weighted by atomic mass is 9.59. The van der Waals surface area contributed by atoms with Crippen LogP contribution in [-0.2, 0) is 16.8 Å². The SMILES string of the molecule is COc1cccc(-c2ccc3c(c2)C2(N=C(N)N(C)C2=O)[C@]2(CC[C@](C)(O)CC2)C3)c1. The molecule has 6 heteroatoms. The second-order valence-electron chi connectivity index (χ2n) is 9.60. The Morgan fingerprint density at radius 2 is 1.81 bits per heavy atom. The number of amides is 1. The summed E-state index contributed by atoms with van der Waals surface area (Å²) >= 11 is 0. The van der Waals surface area contributed by atoms with Gasteiger partial charge >= 0.3 is 0 Å². The van der Waals surface area contributed by atoms with Gasteiger partial charge in [0.2, 0.25) is 0 Å². The van der Waals surface area contributed by atoms with Crippen molar-refractivity contribution in [2.75, 3.05) is 14.2 Å². The van der Waals surface area contributed by atoms with E-state index in [1.165, 1.54) is 4.90 Å². The van der Waals surface area contributed by atoms with Crippen molar-refractivity contribution in [3.8, 4) is 16.9 Å². The Morgan fingerprint density at radius 1 is 1.10 bits per heavy atom. The van der Waals surface area contributed by atoms with Crippen molar-refractivity contribution in [1.82, 2.24) is 4.90 Å². The molecule has 2 spiro atoms. The van der Waals surface area contributed by atoms with Crippen LogP contribution in [0.2, 0.25) is 0 Å².